The largest absolute Gasteiger partial charge is 1.00 e. The van der Waals surface area contributed by atoms with Crippen LogP contribution in [0.1, 0.15) is 23.7 Å². The maximum atomic E-state index is 12.7. The molecule has 0 radical (unpaired) electrons. The van der Waals surface area contributed by atoms with Gasteiger partial charge in [-0.2, -0.15) is 8.42 Å². The number of carbonyl (C=O) groups is 1. The van der Waals surface area contributed by atoms with Crippen LogP contribution < -0.4 is 49.4 Å². The van der Waals surface area contributed by atoms with Crippen molar-refractivity contribution in [3.05, 3.63) is 69.1 Å². The molecule has 0 saturated carbocycles. The van der Waals surface area contributed by atoms with Crippen LogP contribution in [0.15, 0.2) is 45.6 Å². The Labute approximate surface area is 216 Å². The van der Waals surface area contributed by atoms with Crippen LogP contribution in [-0.4, -0.2) is 40.6 Å². The smallest absolute Gasteiger partial charge is 1.00 e. The van der Waals surface area contributed by atoms with Crippen LogP contribution in [0.5, 0.6) is 5.75 Å². The molecule has 0 unspecified atom stereocenters. The minimum atomic E-state index is -3.65. The van der Waals surface area contributed by atoms with E-state index in [1.807, 2.05) is 13.0 Å². The molecule has 2 N–H and O–H groups in total. The van der Waals surface area contributed by atoms with E-state index in [0.717, 1.165) is 22.1 Å². The predicted octanol–water partition coefficient (Wildman–Crippen LogP) is 0.0536. The monoisotopic (exact) mass is 483 g/mol. The van der Waals surface area contributed by atoms with Gasteiger partial charge in [-0.05, 0) is 48.7 Å². The van der Waals surface area contributed by atoms with Crippen molar-refractivity contribution in [2.75, 3.05) is 25.9 Å². The van der Waals surface area contributed by atoms with E-state index in [1.54, 1.807) is 45.3 Å². The zero-order valence-corrected chi connectivity index (χ0v) is 22.3. The third-order valence-corrected chi connectivity index (χ3v) is 6.02. The molecule has 0 aliphatic rings. The molecule has 0 aliphatic carbocycles. The van der Waals surface area contributed by atoms with Crippen molar-refractivity contribution in [3.63, 3.8) is 0 Å². The standard InChI is InChI=1S/C22H25N3O6S.Na.H/c1-13-9-17-14(2)18(11-15-7-6-8-16(10-15)24-32(28,29)23-3)21(26)30-20(17)12-19(13)31-22(27)25(4)5;;/h6-10,12,23-24H,11H2,1-5H3;;/q;+1;-1. The number of benzene rings is 2. The molecule has 2 aromatic carbocycles. The Morgan fingerprint density at radius 1 is 1.18 bits per heavy atom. The minimum absolute atomic E-state index is 0. The maximum absolute atomic E-state index is 12.7. The summed E-state index contributed by atoms with van der Waals surface area (Å²) in [5, 5.41) is 0.730. The van der Waals surface area contributed by atoms with E-state index in [2.05, 4.69) is 9.44 Å². The van der Waals surface area contributed by atoms with Crippen molar-refractivity contribution in [2.24, 2.45) is 0 Å². The van der Waals surface area contributed by atoms with Gasteiger partial charge in [-0.15, -0.1) is 0 Å². The van der Waals surface area contributed by atoms with Gasteiger partial charge in [0, 0.05) is 44.6 Å². The summed E-state index contributed by atoms with van der Waals surface area (Å²) in [6, 6.07) is 10.1. The fraction of sp³-hybridized carbons (Fsp3) is 0.273. The Morgan fingerprint density at radius 3 is 2.52 bits per heavy atom. The first-order valence-corrected chi connectivity index (χ1v) is 11.3. The van der Waals surface area contributed by atoms with Gasteiger partial charge in [0.1, 0.15) is 11.3 Å². The van der Waals surface area contributed by atoms with Crippen LogP contribution in [0, 0.1) is 13.8 Å². The van der Waals surface area contributed by atoms with Gasteiger partial charge >= 0.3 is 41.3 Å². The fourth-order valence-corrected chi connectivity index (χ4v) is 3.72. The fourth-order valence-electron chi connectivity index (χ4n) is 3.18. The molecular weight excluding hydrogens is 457 g/mol. The zero-order valence-electron chi connectivity index (χ0n) is 20.5. The Balaban J connectivity index is 0.00000289. The van der Waals surface area contributed by atoms with Crippen molar-refractivity contribution in [1.29, 1.82) is 0 Å². The van der Waals surface area contributed by atoms with Crippen LogP contribution >= 0.6 is 0 Å². The molecule has 1 aromatic heterocycles. The van der Waals surface area contributed by atoms with E-state index in [1.165, 1.54) is 18.0 Å². The zero-order chi connectivity index (χ0) is 23.6. The molecule has 0 atom stereocenters. The molecule has 0 fully saturated rings. The van der Waals surface area contributed by atoms with Gasteiger partial charge in [0.2, 0.25) is 0 Å². The third-order valence-electron chi connectivity index (χ3n) is 4.97. The summed E-state index contributed by atoms with van der Waals surface area (Å²) >= 11 is 0. The molecule has 1 amide bonds. The minimum Gasteiger partial charge on any atom is -1.00 e. The summed E-state index contributed by atoms with van der Waals surface area (Å²) in [6.45, 7) is 3.63. The van der Waals surface area contributed by atoms with Crippen LogP contribution in [0.3, 0.4) is 0 Å². The van der Waals surface area contributed by atoms with E-state index in [9.17, 15) is 18.0 Å². The number of carbonyl (C=O) groups excluding carboxylic acids is 1. The summed E-state index contributed by atoms with van der Waals surface area (Å²) in [5.74, 6) is 0.316. The van der Waals surface area contributed by atoms with E-state index < -0.39 is 21.9 Å². The number of anilines is 1. The number of hydrogen-bond acceptors (Lipinski definition) is 6. The van der Waals surface area contributed by atoms with Crippen molar-refractivity contribution < 1.29 is 53.4 Å². The number of aryl methyl sites for hydroxylation is 2. The number of hydrogen-bond donors (Lipinski definition) is 2. The SMILES string of the molecule is CNS(=O)(=O)Nc1cccc(Cc2c(C)c3cc(C)c(OC(=O)N(C)C)cc3oc2=O)c1.[H-].[Na+]. The summed E-state index contributed by atoms with van der Waals surface area (Å²) < 4.78 is 38.9. The van der Waals surface area contributed by atoms with Crippen LogP contribution in [0.2, 0.25) is 0 Å². The van der Waals surface area contributed by atoms with Crippen molar-refractivity contribution >= 4 is 33.0 Å². The van der Waals surface area contributed by atoms with Crippen LogP contribution in [0.25, 0.3) is 11.0 Å². The van der Waals surface area contributed by atoms with Gasteiger partial charge in [0.15, 0.2) is 0 Å². The van der Waals surface area contributed by atoms with Crippen LogP contribution in [-0.2, 0) is 16.6 Å². The normalized spacial score (nSPS) is 11.1. The maximum Gasteiger partial charge on any atom is 1.00 e. The van der Waals surface area contributed by atoms with Crippen LogP contribution in [0.4, 0.5) is 10.5 Å². The molecule has 33 heavy (non-hydrogen) atoms. The summed E-state index contributed by atoms with van der Waals surface area (Å²) in [5.41, 5.74) is 2.85. The molecule has 0 aliphatic heterocycles. The van der Waals surface area contributed by atoms with E-state index >= 15 is 0 Å². The van der Waals surface area contributed by atoms with Gasteiger partial charge in [0.25, 0.3) is 10.2 Å². The van der Waals surface area contributed by atoms with E-state index in [-0.39, 0.29) is 37.4 Å². The molecule has 3 rings (SSSR count). The second kappa shape index (κ2) is 10.7. The van der Waals surface area contributed by atoms with Gasteiger partial charge in [-0.3, -0.25) is 4.72 Å². The molecule has 172 valence electrons. The van der Waals surface area contributed by atoms with Gasteiger partial charge in [0.05, 0.1) is 5.69 Å². The quantitative estimate of drug-likeness (QED) is 0.378. The topological polar surface area (TPSA) is 118 Å². The first-order chi connectivity index (χ1) is 15.0. The predicted molar refractivity (Wildman–Crippen MR) is 124 cm³/mol. The number of amides is 1. The first-order valence-electron chi connectivity index (χ1n) is 9.77. The van der Waals surface area contributed by atoms with Gasteiger partial charge in [-0.25, -0.2) is 14.3 Å². The molecular formula is C22H26N3NaO6S. The Hall–Kier alpha value is -2.37. The molecule has 0 saturated heterocycles. The Bertz CT molecular complexity index is 1360. The van der Waals surface area contributed by atoms with Gasteiger partial charge < -0.3 is 15.5 Å². The summed E-state index contributed by atoms with van der Waals surface area (Å²) in [6.07, 6.45) is -0.271. The number of ether oxygens (including phenoxy) is 1. The molecule has 11 heteroatoms. The van der Waals surface area contributed by atoms with E-state index in [4.69, 9.17) is 9.15 Å². The Kier molecular flexibility index (Phi) is 8.72. The van der Waals surface area contributed by atoms with E-state index in [0.29, 0.717) is 22.6 Å². The summed E-state index contributed by atoms with van der Waals surface area (Å²) in [4.78, 5) is 25.9. The average Bonchev–Trinajstić information content (AvgIpc) is 2.72. The molecule has 0 bridgehead atoms. The third kappa shape index (κ3) is 6.36. The van der Waals surface area contributed by atoms with Gasteiger partial charge in [-0.1, -0.05) is 12.1 Å². The van der Waals surface area contributed by atoms with Crippen molar-refractivity contribution in [1.82, 2.24) is 9.62 Å². The molecule has 3 aromatic rings. The second-order valence-corrected chi connectivity index (χ2v) is 9.18. The number of rotatable bonds is 6. The number of nitrogens with one attached hydrogen (secondary N) is 2. The molecule has 1 heterocycles. The average molecular weight is 484 g/mol. The first kappa shape index (κ1) is 26.9. The van der Waals surface area contributed by atoms with Crippen molar-refractivity contribution in [3.8, 4) is 5.75 Å². The second-order valence-electron chi connectivity index (χ2n) is 7.56. The Morgan fingerprint density at radius 2 is 1.88 bits per heavy atom. The summed E-state index contributed by atoms with van der Waals surface area (Å²) in [7, 11) is 0.815. The molecule has 9 nitrogen and oxygen atoms in total. The van der Waals surface area contributed by atoms with Crippen molar-refractivity contribution in [2.45, 2.75) is 20.3 Å². The number of fused-ring (bicyclic) bond motifs is 1. The number of nitrogens with zero attached hydrogens (tertiary/aromatic N) is 1. The molecule has 0 spiro atoms.